The van der Waals surface area contributed by atoms with Crippen molar-refractivity contribution in [1.29, 1.82) is 0 Å². The minimum Gasteiger partial charge on any atom is -0.448 e. The summed E-state index contributed by atoms with van der Waals surface area (Å²) in [7, 11) is 0. The van der Waals surface area contributed by atoms with Crippen molar-refractivity contribution in [3.63, 3.8) is 0 Å². The van der Waals surface area contributed by atoms with Crippen molar-refractivity contribution in [2.75, 3.05) is 11.5 Å². The van der Waals surface area contributed by atoms with Crippen molar-refractivity contribution >= 4 is 11.8 Å². The van der Waals surface area contributed by atoms with Crippen LogP contribution in [-0.4, -0.2) is 18.2 Å². The van der Waals surface area contributed by atoms with E-state index in [0.29, 0.717) is 5.88 Å². The van der Waals surface area contributed by atoms with Crippen molar-refractivity contribution in [2.24, 2.45) is 0 Å². The van der Waals surface area contributed by atoms with E-state index >= 15 is 0 Å². The first kappa shape index (κ1) is 8.31. The molecule has 0 unspecified atom stereocenters. The highest BCUT2D eigenvalue weighted by Gasteiger charge is 2.41. The van der Waals surface area contributed by atoms with Crippen LogP contribution < -0.4 is 4.90 Å². The van der Waals surface area contributed by atoms with Gasteiger partial charge in [0.2, 0.25) is 5.88 Å². The molecule has 0 saturated carbocycles. The first-order valence-corrected chi connectivity index (χ1v) is 4.12. The van der Waals surface area contributed by atoms with E-state index in [2.05, 4.69) is 0 Å². The molecule has 2 heterocycles. The van der Waals surface area contributed by atoms with E-state index in [1.54, 1.807) is 12.1 Å². The second-order valence-corrected chi connectivity index (χ2v) is 3.42. The van der Waals surface area contributed by atoms with Crippen LogP contribution in [0, 0.1) is 0 Å². The first-order chi connectivity index (χ1) is 6.11. The summed E-state index contributed by atoms with van der Waals surface area (Å²) in [6.07, 6.45) is 1.54. The van der Waals surface area contributed by atoms with Crippen LogP contribution in [0.1, 0.15) is 13.8 Å². The summed E-state index contributed by atoms with van der Waals surface area (Å²) in [5.74, 6) is 0.465. The molecule has 1 aromatic rings. The summed E-state index contributed by atoms with van der Waals surface area (Å²) in [5.41, 5.74) is -0.602. The Morgan fingerprint density at radius 2 is 2.31 bits per heavy atom. The topological polar surface area (TPSA) is 42.7 Å². The van der Waals surface area contributed by atoms with Gasteiger partial charge in [-0.3, -0.25) is 9.69 Å². The Morgan fingerprint density at radius 3 is 2.77 bits per heavy atom. The Hall–Kier alpha value is -1.29. The lowest BCUT2D eigenvalue weighted by Gasteiger charge is -2.27. The fourth-order valence-electron chi connectivity index (χ4n) is 1.45. The third-order valence-electron chi connectivity index (χ3n) is 2.06. The zero-order valence-electron chi connectivity index (χ0n) is 7.61. The van der Waals surface area contributed by atoms with Gasteiger partial charge >= 0.3 is 0 Å². The second kappa shape index (κ2) is 2.60. The Morgan fingerprint density at radius 1 is 1.54 bits per heavy atom. The van der Waals surface area contributed by atoms with E-state index in [9.17, 15) is 4.79 Å². The van der Waals surface area contributed by atoms with E-state index in [4.69, 9.17) is 9.15 Å². The van der Waals surface area contributed by atoms with Crippen LogP contribution in [0.2, 0.25) is 0 Å². The molecule has 1 aliphatic rings. The molecule has 70 valence electrons. The molecule has 1 aliphatic heterocycles. The van der Waals surface area contributed by atoms with Gasteiger partial charge in [0.25, 0.3) is 5.91 Å². The van der Waals surface area contributed by atoms with Gasteiger partial charge in [-0.25, -0.2) is 0 Å². The average molecular weight is 181 g/mol. The van der Waals surface area contributed by atoms with Gasteiger partial charge in [-0.05, 0) is 19.9 Å². The molecule has 0 spiro atoms. The highest BCUT2D eigenvalue weighted by Crippen LogP contribution is 2.29. The maximum Gasteiger partial charge on any atom is 0.257 e. The second-order valence-electron chi connectivity index (χ2n) is 3.42. The summed E-state index contributed by atoms with van der Waals surface area (Å²) in [6.45, 7) is 3.79. The predicted molar refractivity (Wildman–Crippen MR) is 46.2 cm³/mol. The van der Waals surface area contributed by atoms with Crippen molar-refractivity contribution in [3.8, 4) is 0 Å². The van der Waals surface area contributed by atoms with Crippen molar-refractivity contribution in [1.82, 2.24) is 0 Å². The van der Waals surface area contributed by atoms with E-state index in [-0.39, 0.29) is 12.5 Å². The summed E-state index contributed by atoms with van der Waals surface area (Å²) in [6, 6.07) is 3.49. The number of rotatable bonds is 1. The lowest BCUT2D eigenvalue weighted by atomic mass is 10.3. The monoisotopic (exact) mass is 181 g/mol. The SMILES string of the molecule is CC1(C)OCC(=O)N1c1ccco1. The third kappa shape index (κ3) is 1.23. The molecule has 0 atom stereocenters. The van der Waals surface area contributed by atoms with Crippen LogP contribution >= 0.6 is 0 Å². The van der Waals surface area contributed by atoms with Gasteiger partial charge < -0.3 is 9.15 Å². The summed E-state index contributed by atoms with van der Waals surface area (Å²) in [5, 5.41) is 0. The molecule has 4 nitrogen and oxygen atoms in total. The van der Waals surface area contributed by atoms with Gasteiger partial charge in [0.1, 0.15) is 12.3 Å². The van der Waals surface area contributed by atoms with Gasteiger partial charge in [0, 0.05) is 6.07 Å². The Bertz CT molecular complexity index is 316. The number of hydrogen-bond acceptors (Lipinski definition) is 3. The summed E-state index contributed by atoms with van der Waals surface area (Å²) in [4.78, 5) is 13.0. The Kier molecular flexibility index (Phi) is 1.66. The molecule has 0 aromatic carbocycles. The number of hydrogen-bond donors (Lipinski definition) is 0. The molecule has 4 heteroatoms. The number of carbonyl (C=O) groups is 1. The molecule has 1 fully saturated rings. The van der Waals surface area contributed by atoms with Crippen LogP contribution in [0.15, 0.2) is 22.8 Å². The van der Waals surface area contributed by atoms with Crippen molar-refractivity contribution in [3.05, 3.63) is 18.4 Å². The van der Waals surface area contributed by atoms with Gasteiger partial charge in [0.15, 0.2) is 0 Å². The minimum absolute atomic E-state index is 0.0695. The van der Waals surface area contributed by atoms with E-state index < -0.39 is 5.72 Å². The standard InChI is InChI=1S/C9H11NO3/c1-9(2)10(7(11)6-13-9)8-4-3-5-12-8/h3-5H,6H2,1-2H3. The van der Waals surface area contributed by atoms with Crippen LogP contribution in [0.3, 0.4) is 0 Å². The molecule has 0 aliphatic carbocycles. The molecule has 1 aromatic heterocycles. The zero-order chi connectivity index (χ0) is 9.47. The number of furan rings is 1. The summed E-state index contributed by atoms with van der Waals surface area (Å²) >= 11 is 0. The number of anilines is 1. The molecule has 1 saturated heterocycles. The Balaban J connectivity index is 2.36. The minimum atomic E-state index is -0.602. The quantitative estimate of drug-likeness (QED) is 0.657. The molecule has 13 heavy (non-hydrogen) atoms. The lowest BCUT2D eigenvalue weighted by Crippen LogP contribution is -2.41. The molecule has 1 amide bonds. The average Bonchev–Trinajstić information content (AvgIpc) is 2.60. The molecule has 0 bridgehead atoms. The van der Waals surface area contributed by atoms with Crippen LogP contribution in [0.4, 0.5) is 5.88 Å². The van der Waals surface area contributed by atoms with Crippen LogP contribution in [0.5, 0.6) is 0 Å². The lowest BCUT2D eigenvalue weighted by molar-refractivity contribution is -0.117. The third-order valence-corrected chi connectivity index (χ3v) is 2.06. The molecule has 0 radical (unpaired) electrons. The van der Waals surface area contributed by atoms with E-state index in [1.165, 1.54) is 11.2 Å². The van der Waals surface area contributed by atoms with Gasteiger partial charge in [0.05, 0.1) is 6.26 Å². The molecule has 2 rings (SSSR count). The normalized spacial score (nSPS) is 21.1. The highest BCUT2D eigenvalue weighted by molar-refractivity contribution is 5.95. The Labute approximate surface area is 76.1 Å². The fraction of sp³-hybridized carbons (Fsp3) is 0.444. The van der Waals surface area contributed by atoms with Gasteiger partial charge in [-0.2, -0.15) is 0 Å². The fourth-order valence-corrected chi connectivity index (χ4v) is 1.45. The maximum absolute atomic E-state index is 11.4. The molecular formula is C9H11NO3. The molecule has 0 N–H and O–H groups in total. The predicted octanol–water partition coefficient (Wildman–Crippen LogP) is 1.38. The number of amides is 1. The highest BCUT2D eigenvalue weighted by atomic mass is 16.5. The smallest absolute Gasteiger partial charge is 0.257 e. The van der Waals surface area contributed by atoms with Crippen molar-refractivity contribution < 1.29 is 13.9 Å². The van der Waals surface area contributed by atoms with E-state index in [0.717, 1.165) is 0 Å². The van der Waals surface area contributed by atoms with Crippen LogP contribution in [-0.2, 0) is 9.53 Å². The maximum atomic E-state index is 11.4. The number of carbonyl (C=O) groups excluding carboxylic acids is 1. The first-order valence-electron chi connectivity index (χ1n) is 4.12. The van der Waals surface area contributed by atoms with E-state index in [1.807, 2.05) is 13.8 Å². The molecular weight excluding hydrogens is 170 g/mol. The summed E-state index contributed by atoms with van der Waals surface area (Å²) < 4.78 is 10.5. The number of ether oxygens (including phenoxy) is 1. The van der Waals surface area contributed by atoms with Gasteiger partial charge in [-0.1, -0.05) is 0 Å². The zero-order valence-corrected chi connectivity index (χ0v) is 7.61. The number of nitrogens with zero attached hydrogens (tertiary/aromatic N) is 1. The van der Waals surface area contributed by atoms with Crippen molar-refractivity contribution in [2.45, 2.75) is 19.6 Å². The largest absolute Gasteiger partial charge is 0.448 e. The van der Waals surface area contributed by atoms with Gasteiger partial charge in [-0.15, -0.1) is 0 Å². The van der Waals surface area contributed by atoms with Crippen LogP contribution in [0.25, 0.3) is 0 Å².